The highest BCUT2D eigenvalue weighted by Gasteiger charge is 2.21. The predicted molar refractivity (Wildman–Crippen MR) is 119 cm³/mol. The summed E-state index contributed by atoms with van der Waals surface area (Å²) < 4.78 is 1.64. The molecule has 4 heterocycles. The van der Waals surface area contributed by atoms with E-state index in [0.29, 0.717) is 11.5 Å². The zero-order valence-electron chi connectivity index (χ0n) is 16.8. The summed E-state index contributed by atoms with van der Waals surface area (Å²) in [6.07, 6.45) is 5.19. The molecule has 0 aliphatic heterocycles. The van der Waals surface area contributed by atoms with Crippen molar-refractivity contribution in [3.05, 3.63) is 77.3 Å². The third-order valence-electron chi connectivity index (χ3n) is 4.89. The van der Waals surface area contributed by atoms with E-state index in [0.717, 1.165) is 32.0 Å². The molecule has 31 heavy (non-hydrogen) atoms. The van der Waals surface area contributed by atoms with Crippen LogP contribution in [0.4, 0.5) is 5.82 Å². The number of pyridine rings is 2. The Kier molecular flexibility index (Phi) is 4.72. The van der Waals surface area contributed by atoms with Crippen LogP contribution in [0.25, 0.3) is 27.2 Å². The van der Waals surface area contributed by atoms with E-state index in [1.54, 1.807) is 23.3 Å². The Morgan fingerprint density at radius 1 is 1.06 bits per heavy atom. The molecule has 8 nitrogen and oxygen atoms in total. The lowest BCUT2D eigenvalue weighted by atomic mass is 10.2. The van der Waals surface area contributed by atoms with Crippen LogP contribution >= 0.6 is 11.3 Å². The second-order valence-electron chi connectivity index (χ2n) is 6.91. The van der Waals surface area contributed by atoms with Crippen molar-refractivity contribution in [1.29, 1.82) is 0 Å². The Bertz CT molecular complexity index is 1400. The number of fused-ring (bicyclic) bond motifs is 1. The van der Waals surface area contributed by atoms with E-state index < -0.39 is 0 Å². The summed E-state index contributed by atoms with van der Waals surface area (Å²) in [4.78, 5) is 27.0. The zero-order valence-corrected chi connectivity index (χ0v) is 17.6. The number of aromatic nitrogens is 6. The smallest absolute Gasteiger partial charge is 0.279 e. The maximum absolute atomic E-state index is 13.0. The van der Waals surface area contributed by atoms with Crippen LogP contribution in [-0.2, 0) is 0 Å². The van der Waals surface area contributed by atoms with E-state index in [2.05, 4.69) is 30.6 Å². The number of hydrogen-bond acceptors (Lipinski definition) is 7. The largest absolute Gasteiger partial charge is 0.304 e. The molecule has 1 aromatic carbocycles. The van der Waals surface area contributed by atoms with Gasteiger partial charge in [-0.15, -0.1) is 16.4 Å². The van der Waals surface area contributed by atoms with E-state index >= 15 is 0 Å². The first-order valence-electron chi connectivity index (χ1n) is 9.57. The second-order valence-corrected chi connectivity index (χ2v) is 8.11. The van der Waals surface area contributed by atoms with Crippen molar-refractivity contribution in [2.75, 3.05) is 5.32 Å². The molecule has 152 valence electrons. The molecule has 4 aromatic heterocycles. The number of anilines is 1. The molecule has 5 aromatic rings. The number of nitrogens with one attached hydrogen (secondary N) is 1. The summed E-state index contributed by atoms with van der Waals surface area (Å²) in [6, 6.07) is 13.5. The topological polar surface area (TPSA) is 98.5 Å². The number of aryl methyl sites for hydroxylation is 1. The summed E-state index contributed by atoms with van der Waals surface area (Å²) in [6.45, 7) is 3.73. The van der Waals surface area contributed by atoms with Gasteiger partial charge in [0.15, 0.2) is 5.69 Å². The van der Waals surface area contributed by atoms with Gasteiger partial charge in [0, 0.05) is 34.4 Å². The minimum absolute atomic E-state index is 0.239. The number of nitrogens with zero attached hydrogens (tertiary/aromatic N) is 6. The molecule has 0 bridgehead atoms. The van der Waals surface area contributed by atoms with Gasteiger partial charge in [-0.3, -0.25) is 14.8 Å². The molecule has 0 atom stereocenters. The van der Waals surface area contributed by atoms with Crippen LogP contribution in [0.15, 0.2) is 61.1 Å². The van der Waals surface area contributed by atoms with Crippen LogP contribution in [0.1, 0.15) is 21.1 Å². The fourth-order valence-electron chi connectivity index (χ4n) is 3.32. The van der Waals surface area contributed by atoms with E-state index in [-0.39, 0.29) is 11.6 Å². The average molecular weight is 427 g/mol. The third kappa shape index (κ3) is 3.44. The molecule has 9 heteroatoms. The lowest BCUT2D eigenvalue weighted by molar-refractivity contribution is 0.102. The molecular weight excluding hydrogens is 410 g/mol. The lowest BCUT2D eigenvalue weighted by Gasteiger charge is -2.07. The molecule has 1 amide bonds. The van der Waals surface area contributed by atoms with Crippen LogP contribution in [0, 0.1) is 13.8 Å². The normalized spacial score (nSPS) is 11.0. The van der Waals surface area contributed by atoms with Crippen LogP contribution in [-0.4, -0.2) is 35.9 Å². The minimum atomic E-state index is -0.358. The first kappa shape index (κ1) is 19.0. The standard InChI is InChI=1S/C22H17N7OS/c1-13-18(27-28-29(13)17-9-3-6-15-7-5-11-24-19(15)17)21(30)25-20-14(2)31-22(26-20)16-8-4-10-23-12-16/h3-12H,1-2H3,(H,25,30). The summed E-state index contributed by atoms with van der Waals surface area (Å²) in [5.41, 5.74) is 3.33. The fourth-order valence-corrected chi connectivity index (χ4v) is 4.18. The molecule has 0 saturated carbocycles. The van der Waals surface area contributed by atoms with E-state index in [1.807, 2.05) is 56.3 Å². The first-order valence-corrected chi connectivity index (χ1v) is 10.4. The highest BCUT2D eigenvalue weighted by Crippen LogP contribution is 2.30. The highest BCUT2D eigenvalue weighted by molar-refractivity contribution is 7.15. The minimum Gasteiger partial charge on any atom is -0.304 e. The maximum Gasteiger partial charge on any atom is 0.279 e. The number of thiazole rings is 1. The van der Waals surface area contributed by atoms with Crippen molar-refractivity contribution >= 4 is 34.0 Å². The van der Waals surface area contributed by atoms with E-state index in [9.17, 15) is 4.79 Å². The molecule has 0 aliphatic carbocycles. The monoisotopic (exact) mass is 427 g/mol. The van der Waals surface area contributed by atoms with Gasteiger partial charge in [-0.2, -0.15) is 0 Å². The lowest BCUT2D eigenvalue weighted by Crippen LogP contribution is -2.15. The summed E-state index contributed by atoms with van der Waals surface area (Å²) in [5.74, 6) is 0.151. The molecule has 0 unspecified atom stereocenters. The van der Waals surface area contributed by atoms with Gasteiger partial charge in [-0.25, -0.2) is 9.67 Å². The summed E-state index contributed by atoms with van der Waals surface area (Å²) >= 11 is 1.50. The number of amides is 1. The molecule has 0 aliphatic rings. The number of rotatable bonds is 4. The third-order valence-corrected chi connectivity index (χ3v) is 5.91. The van der Waals surface area contributed by atoms with Gasteiger partial charge in [-0.1, -0.05) is 23.4 Å². The van der Waals surface area contributed by atoms with Crippen LogP contribution < -0.4 is 5.32 Å². The van der Waals surface area contributed by atoms with Gasteiger partial charge < -0.3 is 5.32 Å². The molecule has 0 fully saturated rings. The van der Waals surface area contributed by atoms with Crippen LogP contribution in [0.5, 0.6) is 0 Å². The van der Waals surface area contributed by atoms with Crippen LogP contribution in [0.3, 0.4) is 0 Å². The number of hydrogen-bond donors (Lipinski definition) is 1. The summed E-state index contributed by atoms with van der Waals surface area (Å²) in [7, 11) is 0. The first-order chi connectivity index (χ1) is 15.1. The number of carbonyl (C=O) groups is 1. The van der Waals surface area contributed by atoms with Gasteiger partial charge in [0.2, 0.25) is 0 Å². The average Bonchev–Trinajstić information content (AvgIpc) is 3.36. The highest BCUT2D eigenvalue weighted by atomic mass is 32.1. The fraction of sp³-hybridized carbons (Fsp3) is 0.0909. The predicted octanol–water partition coefficient (Wildman–Crippen LogP) is 4.20. The quantitative estimate of drug-likeness (QED) is 0.461. The zero-order chi connectivity index (χ0) is 21.4. The Balaban J connectivity index is 1.45. The van der Waals surface area contributed by atoms with Gasteiger partial charge in [0.05, 0.1) is 16.9 Å². The van der Waals surface area contributed by atoms with Crippen molar-refractivity contribution in [3.63, 3.8) is 0 Å². The van der Waals surface area contributed by atoms with Gasteiger partial charge >= 0.3 is 0 Å². The van der Waals surface area contributed by atoms with Crippen molar-refractivity contribution in [2.24, 2.45) is 0 Å². The maximum atomic E-state index is 13.0. The van der Waals surface area contributed by atoms with Crippen molar-refractivity contribution < 1.29 is 4.79 Å². The Hall–Kier alpha value is -3.98. The molecule has 0 radical (unpaired) electrons. The molecular formula is C22H17N7OS. The van der Waals surface area contributed by atoms with Crippen LogP contribution in [0.2, 0.25) is 0 Å². The number of benzene rings is 1. The van der Waals surface area contributed by atoms with Crippen molar-refractivity contribution in [3.8, 4) is 16.3 Å². The molecule has 0 spiro atoms. The van der Waals surface area contributed by atoms with Gasteiger partial charge in [-0.05, 0) is 38.1 Å². The van der Waals surface area contributed by atoms with Gasteiger partial charge in [0.1, 0.15) is 10.8 Å². The Morgan fingerprint density at radius 2 is 1.90 bits per heavy atom. The number of para-hydroxylation sites is 1. The van der Waals surface area contributed by atoms with Crippen molar-refractivity contribution in [1.82, 2.24) is 29.9 Å². The second kappa shape index (κ2) is 7.69. The SMILES string of the molecule is Cc1sc(-c2cccnc2)nc1NC(=O)c1nnn(-c2cccc3cccnc23)c1C. The molecule has 0 saturated heterocycles. The number of carbonyl (C=O) groups excluding carboxylic acids is 1. The molecule has 1 N–H and O–H groups in total. The Labute approximate surface area is 181 Å². The van der Waals surface area contributed by atoms with E-state index in [4.69, 9.17) is 0 Å². The van der Waals surface area contributed by atoms with Crippen molar-refractivity contribution in [2.45, 2.75) is 13.8 Å². The molecule has 5 rings (SSSR count). The summed E-state index contributed by atoms with van der Waals surface area (Å²) in [5, 5.41) is 13.0. The van der Waals surface area contributed by atoms with Gasteiger partial charge in [0.25, 0.3) is 5.91 Å². The van der Waals surface area contributed by atoms with E-state index in [1.165, 1.54) is 11.3 Å². The Morgan fingerprint density at radius 3 is 2.74 bits per heavy atom.